The third-order valence-corrected chi connectivity index (χ3v) is 8.83. The summed E-state index contributed by atoms with van der Waals surface area (Å²) in [6.07, 6.45) is 10.6. The molecule has 0 aromatic carbocycles. The van der Waals surface area contributed by atoms with Gasteiger partial charge in [0.1, 0.15) is 17.8 Å². The van der Waals surface area contributed by atoms with Gasteiger partial charge in [-0.15, -0.1) is 0 Å². The van der Waals surface area contributed by atoms with E-state index in [9.17, 15) is 28.8 Å². The van der Waals surface area contributed by atoms with Gasteiger partial charge in [0.15, 0.2) is 0 Å². The maximum Gasteiger partial charge on any atom is 0.289 e. The maximum atomic E-state index is 14.2. The van der Waals surface area contributed by atoms with Crippen molar-refractivity contribution in [3.63, 3.8) is 0 Å². The van der Waals surface area contributed by atoms with Gasteiger partial charge < -0.3 is 26.2 Å². The van der Waals surface area contributed by atoms with E-state index in [1.807, 2.05) is 20.8 Å². The molecule has 0 spiro atoms. The van der Waals surface area contributed by atoms with Gasteiger partial charge in [0.05, 0.1) is 12.2 Å². The summed E-state index contributed by atoms with van der Waals surface area (Å²) < 4.78 is 0. The standard InChI is InChI=1S/C32H47N7O6/c1-32(2,3)17-24(39(4)31(45)25(19-8-5-6-9-19)38-28(42)23-18-33-14-15-34-23)29(43)37-22(16-20-10-7-13-35-27(20)41)26(40)30(44)36-21-11-12-21/h14-15,18-22,24-25H,5-13,16-17H2,1-4H3,(H,35,41)(H,36,44)(H,37,43)(H,38,42)/t20-,22-,24-,25+/m0/s1. The molecular weight excluding hydrogens is 578 g/mol. The van der Waals surface area contributed by atoms with E-state index in [0.717, 1.165) is 44.9 Å². The predicted octanol–water partition coefficient (Wildman–Crippen LogP) is 1.28. The minimum atomic E-state index is -1.24. The van der Waals surface area contributed by atoms with Crippen LogP contribution < -0.4 is 21.3 Å². The highest BCUT2D eigenvalue weighted by Crippen LogP contribution is 2.30. The lowest BCUT2D eigenvalue weighted by Gasteiger charge is -2.36. The molecule has 0 radical (unpaired) electrons. The molecule has 13 nitrogen and oxygen atoms in total. The Kier molecular flexibility index (Phi) is 11.3. The van der Waals surface area contributed by atoms with Crippen LogP contribution in [-0.2, 0) is 24.0 Å². The highest BCUT2D eigenvalue weighted by atomic mass is 16.2. The second-order valence-electron chi connectivity index (χ2n) is 13.9. The number of likely N-dealkylation sites (N-methyl/N-ethyl adjacent to an activating group) is 1. The van der Waals surface area contributed by atoms with Gasteiger partial charge in [0.2, 0.25) is 23.5 Å². The van der Waals surface area contributed by atoms with Crippen molar-refractivity contribution in [2.75, 3.05) is 13.6 Å². The molecule has 1 saturated heterocycles. The van der Waals surface area contributed by atoms with Crippen molar-refractivity contribution in [3.8, 4) is 0 Å². The Morgan fingerprint density at radius 3 is 2.31 bits per heavy atom. The van der Waals surface area contributed by atoms with Gasteiger partial charge in [-0.05, 0) is 62.7 Å². The molecule has 0 unspecified atom stereocenters. The Morgan fingerprint density at radius 1 is 1.00 bits per heavy atom. The lowest BCUT2D eigenvalue weighted by atomic mass is 9.86. The van der Waals surface area contributed by atoms with Crippen molar-refractivity contribution in [2.24, 2.45) is 17.3 Å². The minimum absolute atomic E-state index is 0.0206. The number of carbonyl (C=O) groups excluding carboxylic acids is 6. The average molecular weight is 626 g/mol. The number of nitrogens with zero attached hydrogens (tertiary/aromatic N) is 3. The number of Topliss-reactive ketones (excluding diaryl/α,β-unsaturated/α-hetero) is 1. The first kappa shape index (κ1) is 34.0. The van der Waals surface area contributed by atoms with Crippen LogP contribution in [0, 0.1) is 17.3 Å². The summed E-state index contributed by atoms with van der Waals surface area (Å²) in [5.74, 6) is -4.02. The average Bonchev–Trinajstić information content (AvgIpc) is 3.66. The smallest absolute Gasteiger partial charge is 0.289 e. The van der Waals surface area contributed by atoms with Gasteiger partial charge >= 0.3 is 0 Å². The second-order valence-corrected chi connectivity index (χ2v) is 13.9. The fourth-order valence-corrected chi connectivity index (χ4v) is 6.15. The highest BCUT2D eigenvalue weighted by Gasteiger charge is 2.41. The molecule has 3 aliphatic rings. The number of carbonyl (C=O) groups is 6. The number of hydrogen-bond acceptors (Lipinski definition) is 8. The molecule has 3 fully saturated rings. The summed E-state index contributed by atoms with van der Waals surface area (Å²) in [6, 6.07) is -3.21. The number of rotatable bonds is 13. The monoisotopic (exact) mass is 625 g/mol. The molecule has 5 amide bonds. The van der Waals surface area contributed by atoms with Gasteiger partial charge in [-0.3, -0.25) is 33.8 Å². The van der Waals surface area contributed by atoms with E-state index in [1.165, 1.54) is 30.5 Å². The van der Waals surface area contributed by atoms with E-state index in [4.69, 9.17) is 0 Å². The molecule has 4 N–H and O–H groups in total. The molecule has 2 aliphatic carbocycles. The zero-order valence-corrected chi connectivity index (χ0v) is 26.8. The number of nitrogens with one attached hydrogen (secondary N) is 4. The van der Waals surface area contributed by atoms with E-state index in [1.54, 1.807) is 0 Å². The van der Waals surface area contributed by atoms with Gasteiger partial charge in [0.25, 0.3) is 11.8 Å². The highest BCUT2D eigenvalue weighted by molar-refractivity contribution is 6.38. The minimum Gasteiger partial charge on any atom is -0.356 e. The van der Waals surface area contributed by atoms with Crippen LogP contribution >= 0.6 is 0 Å². The van der Waals surface area contributed by atoms with Crippen molar-refractivity contribution in [1.29, 1.82) is 0 Å². The van der Waals surface area contributed by atoms with Crippen LogP contribution in [0.2, 0.25) is 0 Å². The summed E-state index contributed by atoms with van der Waals surface area (Å²) in [4.78, 5) is 89.4. The molecule has 1 aromatic rings. The maximum absolute atomic E-state index is 14.2. The predicted molar refractivity (Wildman–Crippen MR) is 164 cm³/mol. The number of amides is 5. The van der Waals surface area contributed by atoms with E-state index in [0.29, 0.717) is 13.0 Å². The van der Waals surface area contributed by atoms with E-state index in [-0.39, 0.29) is 36.4 Å². The van der Waals surface area contributed by atoms with Gasteiger partial charge in [-0.25, -0.2) is 4.98 Å². The number of hydrogen-bond donors (Lipinski definition) is 4. The van der Waals surface area contributed by atoms with Crippen molar-refractivity contribution in [1.82, 2.24) is 36.1 Å². The topological polar surface area (TPSA) is 180 Å². The van der Waals surface area contributed by atoms with Crippen LogP contribution in [0.5, 0.6) is 0 Å². The quantitative estimate of drug-likeness (QED) is 0.237. The van der Waals surface area contributed by atoms with Crippen LogP contribution in [0.1, 0.15) is 95.5 Å². The molecule has 4 atom stereocenters. The number of ketones is 1. The lowest BCUT2D eigenvalue weighted by molar-refractivity contribution is -0.145. The second kappa shape index (κ2) is 14.9. The van der Waals surface area contributed by atoms with Gasteiger partial charge in [-0.2, -0.15) is 0 Å². The summed E-state index contributed by atoms with van der Waals surface area (Å²) in [6.45, 7) is 6.36. The summed E-state index contributed by atoms with van der Waals surface area (Å²) in [7, 11) is 1.53. The first-order valence-electron chi connectivity index (χ1n) is 16.1. The Hall–Kier alpha value is -3.90. The largest absolute Gasteiger partial charge is 0.356 e. The fraction of sp³-hybridized carbons (Fsp3) is 0.688. The number of piperidine rings is 1. The van der Waals surface area contributed by atoms with Crippen LogP contribution in [0.3, 0.4) is 0 Å². The summed E-state index contributed by atoms with van der Waals surface area (Å²) in [5, 5.41) is 11.1. The Labute approximate surface area is 264 Å². The van der Waals surface area contributed by atoms with Gasteiger partial charge in [0, 0.05) is 37.9 Å². The molecule has 1 aliphatic heterocycles. The van der Waals surface area contributed by atoms with Crippen LogP contribution in [0.4, 0.5) is 0 Å². The van der Waals surface area contributed by atoms with Crippen molar-refractivity contribution in [2.45, 2.75) is 109 Å². The first-order valence-corrected chi connectivity index (χ1v) is 16.1. The molecule has 246 valence electrons. The SMILES string of the molecule is CN(C(=O)[C@H](NC(=O)c1cnccn1)C1CCCC1)[C@@H](CC(C)(C)C)C(=O)N[C@@H](C[C@@H]1CCCNC1=O)C(=O)C(=O)NC1CC1. The number of aromatic nitrogens is 2. The Morgan fingerprint density at radius 2 is 1.71 bits per heavy atom. The normalized spacial score (nSPS) is 20.7. The lowest BCUT2D eigenvalue weighted by Crippen LogP contribution is -2.59. The third-order valence-electron chi connectivity index (χ3n) is 8.83. The van der Waals surface area contributed by atoms with Crippen LogP contribution in [0.15, 0.2) is 18.6 Å². The molecule has 2 saturated carbocycles. The van der Waals surface area contributed by atoms with Crippen LogP contribution in [0.25, 0.3) is 0 Å². The summed E-state index contributed by atoms with van der Waals surface area (Å²) in [5.41, 5.74) is -0.327. The van der Waals surface area contributed by atoms with Crippen molar-refractivity contribution in [3.05, 3.63) is 24.3 Å². The molecule has 45 heavy (non-hydrogen) atoms. The van der Waals surface area contributed by atoms with Crippen LogP contribution in [-0.4, -0.2) is 87.9 Å². The fourth-order valence-electron chi connectivity index (χ4n) is 6.15. The van der Waals surface area contributed by atoms with Crippen molar-refractivity contribution < 1.29 is 28.8 Å². The third kappa shape index (κ3) is 9.54. The van der Waals surface area contributed by atoms with E-state index in [2.05, 4.69) is 31.2 Å². The Balaban J connectivity index is 1.57. The molecule has 1 aromatic heterocycles. The summed E-state index contributed by atoms with van der Waals surface area (Å²) >= 11 is 0. The zero-order chi connectivity index (χ0) is 32.7. The molecule has 13 heteroatoms. The molecule has 4 rings (SSSR count). The van der Waals surface area contributed by atoms with E-state index >= 15 is 0 Å². The van der Waals surface area contributed by atoms with Gasteiger partial charge in [-0.1, -0.05) is 33.6 Å². The molecule has 2 heterocycles. The van der Waals surface area contributed by atoms with E-state index < -0.39 is 58.9 Å². The molecular formula is C32H47N7O6. The van der Waals surface area contributed by atoms with Crippen molar-refractivity contribution >= 4 is 35.3 Å². The Bertz CT molecular complexity index is 1260. The molecule has 0 bridgehead atoms. The first-order chi connectivity index (χ1) is 21.3. The zero-order valence-electron chi connectivity index (χ0n) is 26.8.